The van der Waals surface area contributed by atoms with Crippen molar-refractivity contribution in [2.45, 2.75) is 59.3 Å². The summed E-state index contributed by atoms with van der Waals surface area (Å²) in [5, 5.41) is 9.71. The molecule has 8 heteroatoms. The van der Waals surface area contributed by atoms with Crippen LogP contribution in [0.2, 0.25) is 0 Å². The van der Waals surface area contributed by atoms with E-state index in [2.05, 4.69) is 80.1 Å². The molecule has 0 aliphatic heterocycles. The first-order valence-electron chi connectivity index (χ1n) is 11.3. The monoisotopic (exact) mass is 493 g/mol. The lowest BCUT2D eigenvalue weighted by atomic mass is 9.86. The standard InChI is InChI=1S/C27H32N4O2.H3NS/c1-17-16-22(29-23(32)18-8-12-20(13-9-18)26(2,3)4)30-25(28-17)31-24(33)19-10-14-21(15-11-19)27(5,6)7;1-2/h8-16H,1-7H3,(H2,28,29,30,31,32,33);2H,1H2. The van der Waals surface area contributed by atoms with Crippen LogP contribution in [0.4, 0.5) is 11.8 Å². The summed E-state index contributed by atoms with van der Waals surface area (Å²) in [7, 11) is 0. The molecule has 186 valence electrons. The lowest BCUT2D eigenvalue weighted by molar-refractivity contribution is 0.101. The van der Waals surface area contributed by atoms with E-state index in [1.54, 1.807) is 37.3 Å². The number of carbonyl (C=O) groups excluding carboxylic acids is 2. The minimum absolute atomic E-state index is 0.00876. The maximum atomic E-state index is 12.7. The van der Waals surface area contributed by atoms with E-state index in [0.29, 0.717) is 22.6 Å². The van der Waals surface area contributed by atoms with Crippen LogP contribution in [0.5, 0.6) is 0 Å². The maximum absolute atomic E-state index is 12.7. The molecule has 0 fully saturated rings. The normalized spacial score (nSPS) is 11.2. The van der Waals surface area contributed by atoms with Gasteiger partial charge >= 0.3 is 0 Å². The van der Waals surface area contributed by atoms with Crippen molar-refractivity contribution in [2.75, 3.05) is 10.6 Å². The second kappa shape index (κ2) is 11.5. The van der Waals surface area contributed by atoms with Crippen LogP contribution in [0, 0.1) is 6.92 Å². The third kappa shape index (κ3) is 7.90. The Bertz CT molecular complexity index is 1070. The van der Waals surface area contributed by atoms with Gasteiger partial charge in [0.15, 0.2) is 0 Å². The van der Waals surface area contributed by atoms with Crippen LogP contribution in [0.3, 0.4) is 0 Å². The molecule has 2 amide bonds. The van der Waals surface area contributed by atoms with Crippen molar-refractivity contribution < 1.29 is 9.59 Å². The van der Waals surface area contributed by atoms with Crippen LogP contribution in [0.1, 0.15) is 79.1 Å². The Morgan fingerprint density at radius 1 is 0.714 bits per heavy atom. The summed E-state index contributed by atoms with van der Waals surface area (Å²) in [5.74, 6) is -0.122. The fourth-order valence-electron chi connectivity index (χ4n) is 3.29. The van der Waals surface area contributed by atoms with E-state index in [4.69, 9.17) is 0 Å². The number of anilines is 2. The number of nitrogens with two attached hydrogens (primary N) is 1. The number of hydrogen-bond acceptors (Lipinski definition) is 6. The van der Waals surface area contributed by atoms with Crippen LogP contribution in [0.25, 0.3) is 0 Å². The van der Waals surface area contributed by atoms with Crippen molar-refractivity contribution in [3.8, 4) is 0 Å². The fourth-order valence-corrected chi connectivity index (χ4v) is 3.29. The molecule has 0 radical (unpaired) electrons. The second-order valence-corrected chi connectivity index (χ2v) is 10.3. The molecule has 0 bridgehead atoms. The fraction of sp³-hybridized carbons (Fsp3) is 0.333. The SMILES string of the molecule is Cc1cc(NC(=O)c2ccc(C(C)(C)C)cc2)nc(NC(=O)c2ccc(C(C)(C)C)cc2)n1.NS. The number of thiol groups is 1. The lowest BCUT2D eigenvalue weighted by Crippen LogP contribution is -2.18. The number of benzene rings is 2. The highest BCUT2D eigenvalue weighted by atomic mass is 32.1. The second-order valence-electron chi connectivity index (χ2n) is 10.3. The van der Waals surface area contributed by atoms with Crippen LogP contribution in [-0.2, 0) is 10.8 Å². The van der Waals surface area contributed by atoms with Gasteiger partial charge < -0.3 is 5.32 Å². The Morgan fingerprint density at radius 2 is 1.11 bits per heavy atom. The van der Waals surface area contributed by atoms with E-state index in [0.717, 1.165) is 11.1 Å². The van der Waals surface area contributed by atoms with E-state index in [-0.39, 0.29) is 28.6 Å². The van der Waals surface area contributed by atoms with Gasteiger partial charge in [0.05, 0.1) is 0 Å². The molecule has 2 aromatic carbocycles. The Hall–Kier alpha value is -3.23. The number of amides is 2. The Kier molecular flexibility index (Phi) is 9.18. The summed E-state index contributed by atoms with van der Waals surface area (Å²) < 4.78 is 0. The summed E-state index contributed by atoms with van der Waals surface area (Å²) >= 11 is 3.03. The zero-order valence-corrected chi connectivity index (χ0v) is 22.3. The van der Waals surface area contributed by atoms with Gasteiger partial charge in [0.1, 0.15) is 5.82 Å². The largest absolute Gasteiger partial charge is 0.306 e. The highest BCUT2D eigenvalue weighted by Crippen LogP contribution is 2.23. The van der Waals surface area contributed by atoms with Crippen molar-refractivity contribution in [1.82, 2.24) is 9.97 Å². The molecule has 35 heavy (non-hydrogen) atoms. The van der Waals surface area contributed by atoms with E-state index in [1.165, 1.54) is 0 Å². The van der Waals surface area contributed by atoms with Crippen molar-refractivity contribution in [1.29, 1.82) is 0 Å². The molecule has 0 aliphatic carbocycles. The number of carbonyl (C=O) groups is 2. The highest BCUT2D eigenvalue weighted by Gasteiger charge is 2.17. The molecule has 0 aliphatic rings. The van der Waals surface area contributed by atoms with Gasteiger partial charge in [-0.2, -0.15) is 4.98 Å². The predicted octanol–water partition coefficient (Wildman–Crippen LogP) is 5.67. The van der Waals surface area contributed by atoms with Gasteiger partial charge in [0, 0.05) is 22.9 Å². The van der Waals surface area contributed by atoms with Crippen molar-refractivity contribution >= 4 is 36.4 Å². The lowest BCUT2D eigenvalue weighted by Gasteiger charge is -2.19. The van der Waals surface area contributed by atoms with Crippen LogP contribution < -0.4 is 15.8 Å². The number of aryl methyl sites for hydroxylation is 1. The molecule has 0 spiro atoms. The van der Waals surface area contributed by atoms with Crippen LogP contribution in [0.15, 0.2) is 54.6 Å². The van der Waals surface area contributed by atoms with Gasteiger partial charge in [0.2, 0.25) is 5.95 Å². The average Bonchev–Trinajstić information content (AvgIpc) is 2.79. The molecule has 1 aromatic heterocycles. The topological polar surface area (TPSA) is 110 Å². The summed E-state index contributed by atoms with van der Waals surface area (Å²) in [4.78, 5) is 34.0. The quantitative estimate of drug-likeness (QED) is 0.350. The van der Waals surface area contributed by atoms with E-state index >= 15 is 0 Å². The molecular formula is C27H35N5O2S. The van der Waals surface area contributed by atoms with Gasteiger partial charge in [0.25, 0.3) is 11.8 Å². The number of hydrogen-bond donors (Lipinski definition) is 4. The van der Waals surface area contributed by atoms with Gasteiger partial charge in [-0.25, -0.2) is 4.98 Å². The number of nitrogens with one attached hydrogen (secondary N) is 2. The van der Waals surface area contributed by atoms with E-state index in [9.17, 15) is 9.59 Å². The number of aromatic nitrogens is 2. The summed E-state index contributed by atoms with van der Waals surface area (Å²) in [6.45, 7) is 14.5. The molecule has 0 saturated heterocycles. The molecule has 3 aromatic rings. The highest BCUT2D eigenvalue weighted by molar-refractivity contribution is 7.77. The Labute approximate surface area is 213 Å². The maximum Gasteiger partial charge on any atom is 0.258 e. The third-order valence-corrected chi connectivity index (χ3v) is 5.35. The molecule has 3 rings (SSSR count). The van der Waals surface area contributed by atoms with Gasteiger partial charge in [-0.05, 0) is 53.1 Å². The molecule has 1 heterocycles. The minimum atomic E-state index is -0.309. The summed E-state index contributed by atoms with van der Waals surface area (Å²) in [6, 6.07) is 16.6. The smallest absolute Gasteiger partial charge is 0.258 e. The number of nitrogens with zero attached hydrogens (tertiary/aromatic N) is 2. The van der Waals surface area contributed by atoms with Gasteiger partial charge in [-0.15, -0.1) is 12.8 Å². The summed E-state index contributed by atoms with van der Waals surface area (Å²) in [6.07, 6.45) is 0. The minimum Gasteiger partial charge on any atom is -0.306 e. The van der Waals surface area contributed by atoms with Gasteiger partial charge in [-0.3, -0.25) is 20.0 Å². The van der Waals surface area contributed by atoms with Crippen LogP contribution in [-0.4, -0.2) is 21.8 Å². The molecule has 0 unspecified atom stereocenters. The molecule has 0 saturated carbocycles. The van der Waals surface area contributed by atoms with Crippen molar-refractivity contribution in [2.24, 2.45) is 5.14 Å². The first-order valence-corrected chi connectivity index (χ1v) is 11.8. The third-order valence-electron chi connectivity index (χ3n) is 5.35. The van der Waals surface area contributed by atoms with E-state index < -0.39 is 0 Å². The molecule has 0 atom stereocenters. The average molecular weight is 494 g/mol. The van der Waals surface area contributed by atoms with Crippen LogP contribution >= 0.6 is 12.8 Å². The zero-order valence-electron chi connectivity index (χ0n) is 21.4. The van der Waals surface area contributed by atoms with Crippen molar-refractivity contribution in [3.05, 3.63) is 82.5 Å². The molecule has 4 N–H and O–H groups in total. The van der Waals surface area contributed by atoms with Crippen molar-refractivity contribution in [3.63, 3.8) is 0 Å². The molecular weight excluding hydrogens is 458 g/mol. The first kappa shape index (κ1) is 28.0. The predicted molar refractivity (Wildman–Crippen MR) is 146 cm³/mol. The first-order chi connectivity index (χ1) is 16.3. The van der Waals surface area contributed by atoms with Gasteiger partial charge in [-0.1, -0.05) is 65.8 Å². The number of rotatable bonds is 4. The summed E-state index contributed by atoms with van der Waals surface area (Å²) in [5.41, 5.74) is 3.99. The zero-order chi connectivity index (χ0) is 26.4. The Morgan fingerprint density at radius 3 is 1.51 bits per heavy atom. The Balaban J connectivity index is 0.00000210. The molecule has 7 nitrogen and oxygen atoms in total. The van der Waals surface area contributed by atoms with E-state index in [1.807, 2.05) is 24.3 Å².